The fourth-order valence-corrected chi connectivity index (χ4v) is 13.9. The van der Waals surface area contributed by atoms with E-state index in [0.717, 1.165) is 127 Å². The van der Waals surface area contributed by atoms with Crippen LogP contribution in [-0.2, 0) is 20.6 Å². The molecule has 0 radical (unpaired) electrons. The molecule has 3 aromatic heterocycles. The van der Waals surface area contributed by atoms with Gasteiger partial charge in [-0.25, -0.2) is 4.98 Å². The molecule has 0 spiro atoms. The number of carbonyl (C=O) groups excluding carboxylic acids is 3. The molecule has 0 aliphatic carbocycles. The number of hydrogen-bond acceptors (Lipinski definition) is 16. The van der Waals surface area contributed by atoms with Crippen LogP contribution in [0, 0.1) is 0 Å². The highest BCUT2D eigenvalue weighted by Gasteiger charge is 2.32. The summed E-state index contributed by atoms with van der Waals surface area (Å²) in [6, 6.07) is 73.2. The van der Waals surface area contributed by atoms with Crippen LogP contribution in [0.5, 0.6) is 5.88 Å². The van der Waals surface area contributed by atoms with E-state index in [4.69, 9.17) is 4.74 Å². The minimum atomic E-state index is -4.50. The highest BCUT2D eigenvalue weighted by molar-refractivity contribution is 8.15. The van der Waals surface area contributed by atoms with Crippen LogP contribution in [0.15, 0.2) is 274 Å². The first-order valence-electron chi connectivity index (χ1n) is 32.7. The van der Waals surface area contributed by atoms with Crippen LogP contribution in [-0.4, -0.2) is 88.9 Å². The molecule has 0 unspecified atom stereocenters. The van der Waals surface area contributed by atoms with Crippen molar-refractivity contribution in [2.45, 2.75) is 46.2 Å². The Morgan fingerprint density at radius 1 is 0.363 bits per heavy atom. The second kappa shape index (κ2) is 31.6. The van der Waals surface area contributed by atoms with E-state index in [1.165, 1.54) is 76.0 Å². The maximum Gasteiger partial charge on any atom is 0.433 e. The lowest BCUT2D eigenvalue weighted by atomic mass is 9.93. The topological polar surface area (TPSA) is 173 Å². The predicted octanol–water partition coefficient (Wildman–Crippen LogP) is 20.2. The number of rotatable bonds is 16. The Balaban J connectivity index is 0.000000137. The van der Waals surface area contributed by atoms with Crippen LogP contribution in [0.2, 0.25) is 0 Å². The number of pyridine rings is 3. The summed E-state index contributed by atoms with van der Waals surface area (Å²) < 4.78 is 44.7. The number of fused-ring (bicyclic) bond motifs is 3. The number of aromatic nitrogens is 3. The summed E-state index contributed by atoms with van der Waals surface area (Å²) in [5.74, 6) is 2.09. The zero-order chi connectivity index (χ0) is 70.7. The van der Waals surface area contributed by atoms with E-state index >= 15 is 0 Å². The van der Waals surface area contributed by atoms with Crippen LogP contribution in [0.4, 0.5) is 13.2 Å². The molecule has 15 rings (SSSR count). The Kier molecular flexibility index (Phi) is 21.5. The van der Waals surface area contributed by atoms with Crippen molar-refractivity contribution in [1.29, 1.82) is 0 Å². The maximum atomic E-state index is 13.0. The zero-order valence-electron chi connectivity index (χ0n) is 55.9. The van der Waals surface area contributed by atoms with Crippen LogP contribution >= 0.6 is 35.3 Å². The lowest BCUT2D eigenvalue weighted by Gasteiger charge is -2.13. The van der Waals surface area contributed by atoms with Gasteiger partial charge in [-0.2, -0.15) is 28.5 Å². The second-order valence-electron chi connectivity index (χ2n) is 24.4. The first-order chi connectivity index (χ1) is 49.5. The molecule has 0 amide bonds. The van der Waals surface area contributed by atoms with Gasteiger partial charge in [0.25, 0.3) is 0 Å². The van der Waals surface area contributed by atoms with Gasteiger partial charge in [-0.1, -0.05) is 115 Å². The van der Waals surface area contributed by atoms with E-state index in [9.17, 15) is 27.6 Å². The lowest BCUT2D eigenvalue weighted by molar-refractivity contribution is -0.141. The highest BCUT2D eigenvalue weighted by atomic mass is 32.2. The van der Waals surface area contributed by atoms with Gasteiger partial charge in [0.1, 0.15) is 38.2 Å². The Morgan fingerprint density at radius 2 is 0.725 bits per heavy atom. The Hall–Kier alpha value is -11.1. The van der Waals surface area contributed by atoms with Crippen LogP contribution < -0.4 is 4.74 Å². The van der Waals surface area contributed by atoms with Crippen molar-refractivity contribution < 1.29 is 32.3 Å². The number of halogens is 3. The van der Waals surface area contributed by atoms with Gasteiger partial charge in [0.2, 0.25) is 5.88 Å². The largest absolute Gasteiger partial charge is 0.481 e. The molecule has 9 aromatic carbocycles. The molecule has 0 saturated heterocycles. The normalized spacial score (nSPS) is 13.2. The fraction of sp³-hybridized carbons (Fsp3) is 0.133. The maximum absolute atomic E-state index is 13.0. The third-order valence-electron chi connectivity index (χ3n) is 16.9. The van der Waals surface area contributed by atoms with Gasteiger partial charge in [0, 0.05) is 55.2 Å². The second-order valence-corrected chi connectivity index (χ2v) is 27.6. The summed E-state index contributed by atoms with van der Waals surface area (Å²) in [4.78, 5) is 46.2. The van der Waals surface area contributed by atoms with Crippen LogP contribution in [0.3, 0.4) is 0 Å². The molecule has 3 aliphatic rings. The molecule has 19 heteroatoms. The third kappa shape index (κ3) is 17.2. The van der Waals surface area contributed by atoms with Gasteiger partial charge in [-0.15, -0.1) is 50.6 Å². The SMILES string of the molecule is CC(=O)CSC1=NN=C(c2cc(-c3ccc(C(F)(F)F)nc3)cc(-c3ccc4ccccc4c3)c2)C1.CC(=O)CSC1=NN=C(c2cc(-c3ccncc3)cc(-c3ccc4ccccc4c3)c2)C1.COc1ncccc1-c1cc(C2=NN=C(SCC(C)=O)C2)cc(-c2ccc3ccccc3c2)c1. The first kappa shape index (κ1) is 69.4. The molecule has 0 fully saturated rings. The molecular weight excluding hydrogens is 1340 g/mol. The number of Topliss-reactive ketones (excluding diaryl/α,β-unsaturated/α-hetero) is 3. The number of methoxy groups -OCH3 is 1. The molecule has 12 aromatic rings. The fourth-order valence-electron chi connectivity index (χ4n) is 11.8. The lowest BCUT2D eigenvalue weighted by Crippen LogP contribution is -2.07. The van der Waals surface area contributed by atoms with Crippen molar-refractivity contribution in [3.05, 3.63) is 266 Å². The zero-order valence-corrected chi connectivity index (χ0v) is 58.3. The van der Waals surface area contributed by atoms with Crippen molar-refractivity contribution in [2.75, 3.05) is 24.4 Å². The van der Waals surface area contributed by atoms with Crippen molar-refractivity contribution in [3.63, 3.8) is 0 Å². The average molecular weight is 1400 g/mol. The van der Waals surface area contributed by atoms with Crippen molar-refractivity contribution >= 4 is 117 Å². The predicted molar refractivity (Wildman–Crippen MR) is 415 cm³/mol. The number of benzene rings is 9. The minimum Gasteiger partial charge on any atom is -0.481 e. The van der Waals surface area contributed by atoms with Crippen LogP contribution in [0.25, 0.3) is 99.1 Å². The molecule has 6 heterocycles. The van der Waals surface area contributed by atoms with Crippen molar-refractivity contribution in [3.8, 4) is 72.6 Å². The number of thioether (sulfide) groups is 3. The van der Waals surface area contributed by atoms with Crippen LogP contribution in [0.1, 0.15) is 62.4 Å². The van der Waals surface area contributed by atoms with E-state index < -0.39 is 11.9 Å². The number of hydrogen-bond donors (Lipinski definition) is 0. The van der Waals surface area contributed by atoms with Crippen molar-refractivity contribution in [2.24, 2.45) is 30.6 Å². The summed E-state index contributed by atoms with van der Waals surface area (Å²) in [6.07, 6.45) is 3.84. The smallest absolute Gasteiger partial charge is 0.433 e. The monoisotopic (exact) mass is 1400 g/mol. The number of carbonyl (C=O) groups is 3. The van der Waals surface area contributed by atoms with Gasteiger partial charge in [-0.3, -0.25) is 24.4 Å². The molecule has 0 bridgehead atoms. The quantitative estimate of drug-likeness (QED) is 0.0906. The van der Waals surface area contributed by atoms with Gasteiger partial charge >= 0.3 is 6.18 Å². The van der Waals surface area contributed by atoms with E-state index in [1.54, 1.807) is 27.2 Å². The van der Waals surface area contributed by atoms with Crippen molar-refractivity contribution in [1.82, 2.24) is 15.0 Å². The Morgan fingerprint density at radius 3 is 1.11 bits per heavy atom. The molecule has 13 nitrogen and oxygen atoms in total. The van der Waals surface area contributed by atoms with E-state index in [1.807, 2.05) is 91.3 Å². The number of ether oxygens (including phenoxy) is 1. The third-order valence-corrected chi connectivity index (χ3v) is 20.2. The van der Waals surface area contributed by atoms with Gasteiger partial charge in [0.05, 0.1) is 41.5 Å². The molecule has 3 aliphatic heterocycles. The highest BCUT2D eigenvalue weighted by Crippen LogP contribution is 2.38. The summed E-state index contributed by atoms with van der Waals surface area (Å²) in [7, 11) is 1.63. The molecule has 504 valence electrons. The summed E-state index contributed by atoms with van der Waals surface area (Å²) >= 11 is 4.29. The molecule has 0 N–H and O–H groups in total. The van der Waals surface area contributed by atoms with E-state index in [2.05, 4.69) is 173 Å². The Bertz CT molecular complexity index is 5430. The number of nitrogens with zero attached hydrogens (tertiary/aromatic N) is 9. The van der Waals surface area contributed by atoms with Gasteiger partial charge < -0.3 is 4.74 Å². The average Bonchev–Trinajstić information content (AvgIpc) is 1.25. The van der Waals surface area contributed by atoms with E-state index in [0.29, 0.717) is 48.0 Å². The molecule has 0 saturated carbocycles. The molecule has 102 heavy (non-hydrogen) atoms. The summed E-state index contributed by atoms with van der Waals surface area (Å²) in [6.45, 7) is 4.71. The standard InChI is InChI=1S/C28H20F3N3OS.C28H23N3O2S.C27H21N3OS/c1-17(35)16-36-27-14-25(33-34-27)24-12-22(20-7-6-18-4-2-3-5-19(18)10-20)11-23(13-24)21-8-9-26(32-15-21)28(29,30)31;1-18(32)17-34-27-16-26(30-31-27)24-14-22(21-10-9-19-6-3-4-7-20(19)12-21)13-23(15-24)25-8-5-11-29-28(25)33-2;1-18(31)17-32-27-16-26(29-30-27)25-14-23(20-8-10-28-11-9-20)13-24(15-25)22-7-6-19-4-2-3-5-21(19)12-22/h2-13,15H,14,16H2,1H3;3-15H,16-17H2,1-2H3;2-15H,16-17H2,1H3. The van der Waals surface area contributed by atoms with Gasteiger partial charge in [-0.05, 0) is 229 Å². The van der Waals surface area contributed by atoms with Gasteiger partial charge in [0.15, 0.2) is 0 Å². The minimum absolute atomic E-state index is 0.0616. The number of ketones is 3. The van der Waals surface area contributed by atoms with E-state index in [-0.39, 0.29) is 17.3 Å². The first-order valence-corrected chi connectivity index (χ1v) is 35.6. The summed E-state index contributed by atoms with van der Waals surface area (Å²) in [5.41, 5.74) is 16.3. The summed E-state index contributed by atoms with van der Waals surface area (Å²) in [5, 5.41) is 35.6. The molecular formula is C83H64F3N9O4S3. The molecule has 0 atom stereocenters. The Labute approximate surface area is 600 Å². The number of alkyl halides is 3.